The minimum Gasteiger partial charge on any atom is -0.384 e. The van der Waals surface area contributed by atoms with Gasteiger partial charge in [0.1, 0.15) is 6.61 Å². The Morgan fingerprint density at radius 1 is 1.00 bits per heavy atom. The molecule has 0 aliphatic heterocycles. The molecule has 1 N–H and O–H groups in total. The predicted molar refractivity (Wildman–Crippen MR) is 83.2 cm³/mol. The molecular formula is C19H13NO. The maximum atomic E-state index is 9.12. The number of nitrogens with zero attached hydrogens (tertiary/aromatic N) is 1. The van der Waals surface area contributed by atoms with Gasteiger partial charge in [0, 0.05) is 0 Å². The first-order valence-corrected chi connectivity index (χ1v) is 6.74. The topological polar surface area (TPSA) is 44.0 Å². The number of hydrogen-bond acceptors (Lipinski definition) is 2. The van der Waals surface area contributed by atoms with Gasteiger partial charge in [0.25, 0.3) is 0 Å². The third-order valence-corrected chi connectivity index (χ3v) is 3.60. The summed E-state index contributed by atoms with van der Waals surface area (Å²) in [6.45, 7) is -0.167. The lowest BCUT2D eigenvalue weighted by Crippen LogP contribution is -2.02. The summed E-state index contributed by atoms with van der Waals surface area (Å²) < 4.78 is 0. The summed E-state index contributed by atoms with van der Waals surface area (Å²) in [6.07, 6.45) is 4.12. The Kier molecular flexibility index (Phi) is 3.56. The van der Waals surface area contributed by atoms with Gasteiger partial charge < -0.3 is 5.11 Å². The Morgan fingerprint density at radius 2 is 1.76 bits per heavy atom. The van der Waals surface area contributed by atoms with Gasteiger partial charge in [-0.25, -0.2) is 0 Å². The molecule has 3 rings (SSSR count). The van der Waals surface area contributed by atoms with Crippen LogP contribution in [0.25, 0.3) is 12.2 Å². The number of aliphatic hydroxyl groups excluding tert-OH is 1. The van der Waals surface area contributed by atoms with Crippen LogP contribution in [0.5, 0.6) is 0 Å². The SMILES string of the molecule is N#Cc1ccc2c(c1)C(C#CCO)c1ccccc1C=C2. The quantitative estimate of drug-likeness (QED) is 0.748. The number of aliphatic hydroxyl groups is 1. The molecular weight excluding hydrogens is 258 g/mol. The van der Waals surface area contributed by atoms with Gasteiger partial charge in [-0.15, -0.1) is 0 Å². The van der Waals surface area contributed by atoms with Crippen molar-refractivity contribution in [1.82, 2.24) is 0 Å². The van der Waals surface area contributed by atoms with E-state index in [4.69, 9.17) is 10.4 Å². The van der Waals surface area contributed by atoms with Crippen molar-refractivity contribution in [1.29, 1.82) is 5.26 Å². The third kappa shape index (κ3) is 2.46. The Morgan fingerprint density at radius 3 is 2.52 bits per heavy atom. The molecule has 0 heterocycles. The van der Waals surface area contributed by atoms with Gasteiger partial charge in [-0.2, -0.15) is 5.26 Å². The lowest BCUT2D eigenvalue weighted by Gasteiger charge is -2.15. The highest BCUT2D eigenvalue weighted by atomic mass is 16.2. The van der Waals surface area contributed by atoms with Crippen LogP contribution in [0.4, 0.5) is 0 Å². The zero-order chi connectivity index (χ0) is 14.7. The van der Waals surface area contributed by atoms with Crippen molar-refractivity contribution in [2.24, 2.45) is 0 Å². The summed E-state index contributed by atoms with van der Waals surface area (Å²) >= 11 is 0. The smallest absolute Gasteiger partial charge is 0.104 e. The molecule has 1 aliphatic rings. The minimum atomic E-state index is -0.167. The van der Waals surface area contributed by atoms with E-state index >= 15 is 0 Å². The van der Waals surface area contributed by atoms with Crippen LogP contribution in [0.2, 0.25) is 0 Å². The van der Waals surface area contributed by atoms with Crippen LogP contribution in [0.3, 0.4) is 0 Å². The van der Waals surface area contributed by atoms with Gasteiger partial charge in [0.05, 0.1) is 17.6 Å². The van der Waals surface area contributed by atoms with E-state index in [1.807, 2.05) is 36.4 Å². The van der Waals surface area contributed by atoms with Crippen LogP contribution in [-0.4, -0.2) is 11.7 Å². The van der Waals surface area contributed by atoms with Crippen LogP contribution in [-0.2, 0) is 0 Å². The van der Waals surface area contributed by atoms with E-state index in [1.54, 1.807) is 0 Å². The molecule has 2 heteroatoms. The number of fused-ring (bicyclic) bond motifs is 2. The monoisotopic (exact) mass is 271 g/mol. The van der Waals surface area contributed by atoms with E-state index in [0.717, 1.165) is 22.3 Å². The number of rotatable bonds is 0. The van der Waals surface area contributed by atoms with Crippen molar-refractivity contribution < 1.29 is 5.11 Å². The molecule has 0 radical (unpaired) electrons. The van der Waals surface area contributed by atoms with Crippen LogP contribution < -0.4 is 0 Å². The van der Waals surface area contributed by atoms with Crippen LogP contribution in [0, 0.1) is 23.2 Å². The van der Waals surface area contributed by atoms with Crippen LogP contribution in [0.1, 0.15) is 33.7 Å². The third-order valence-electron chi connectivity index (χ3n) is 3.60. The Labute approximate surface area is 124 Å². The van der Waals surface area contributed by atoms with Crippen molar-refractivity contribution in [3.05, 3.63) is 70.3 Å². The molecule has 0 aromatic heterocycles. The van der Waals surface area contributed by atoms with Crippen LogP contribution >= 0.6 is 0 Å². The Hall–Kier alpha value is -2.81. The molecule has 1 atom stereocenters. The largest absolute Gasteiger partial charge is 0.384 e. The molecule has 2 aromatic carbocycles. The summed E-state index contributed by atoms with van der Waals surface area (Å²) in [6, 6.07) is 15.9. The first-order valence-electron chi connectivity index (χ1n) is 6.74. The molecule has 0 saturated carbocycles. The molecule has 21 heavy (non-hydrogen) atoms. The minimum absolute atomic E-state index is 0.133. The predicted octanol–water partition coefficient (Wildman–Crippen LogP) is 3.17. The summed E-state index contributed by atoms with van der Waals surface area (Å²) in [5.41, 5.74) is 4.91. The second-order valence-corrected chi connectivity index (χ2v) is 4.83. The summed E-state index contributed by atoms with van der Waals surface area (Å²) in [5, 5.41) is 18.1. The standard InChI is InChI=1S/C19H13NO/c20-13-14-7-8-16-10-9-15-4-1-2-5-17(15)18(6-3-11-21)19(16)12-14/h1-2,4-5,7-10,12,18,21H,11H2. The molecule has 0 fully saturated rings. The van der Waals surface area contributed by atoms with E-state index in [-0.39, 0.29) is 12.5 Å². The molecule has 0 amide bonds. The lowest BCUT2D eigenvalue weighted by atomic mass is 9.87. The fraction of sp³-hybridized carbons (Fsp3) is 0.105. The van der Waals surface area contributed by atoms with Gasteiger partial charge in [0.15, 0.2) is 0 Å². The summed E-state index contributed by atoms with van der Waals surface area (Å²) in [5.74, 6) is 5.75. The molecule has 1 unspecified atom stereocenters. The summed E-state index contributed by atoms with van der Waals surface area (Å²) in [7, 11) is 0. The first kappa shape index (κ1) is 13.2. The second kappa shape index (κ2) is 5.67. The highest BCUT2D eigenvalue weighted by Crippen LogP contribution is 2.34. The average molecular weight is 271 g/mol. The van der Waals surface area contributed by atoms with Gasteiger partial charge in [-0.1, -0.05) is 54.3 Å². The maximum Gasteiger partial charge on any atom is 0.104 e. The number of hydrogen-bond donors (Lipinski definition) is 1. The molecule has 2 aromatic rings. The van der Waals surface area contributed by atoms with E-state index in [9.17, 15) is 0 Å². The number of nitriles is 1. The number of benzene rings is 2. The van der Waals surface area contributed by atoms with E-state index < -0.39 is 0 Å². The first-order chi connectivity index (χ1) is 10.3. The Bertz CT molecular complexity index is 815. The summed E-state index contributed by atoms with van der Waals surface area (Å²) in [4.78, 5) is 0. The van der Waals surface area contributed by atoms with Crippen molar-refractivity contribution in [3.63, 3.8) is 0 Å². The van der Waals surface area contributed by atoms with Crippen molar-refractivity contribution in [2.75, 3.05) is 6.61 Å². The molecule has 100 valence electrons. The maximum absolute atomic E-state index is 9.12. The van der Waals surface area contributed by atoms with Crippen molar-refractivity contribution in [3.8, 4) is 17.9 Å². The highest BCUT2D eigenvalue weighted by Gasteiger charge is 2.19. The fourth-order valence-corrected chi connectivity index (χ4v) is 2.62. The van der Waals surface area contributed by atoms with E-state index in [0.29, 0.717) is 5.56 Å². The van der Waals surface area contributed by atoms with Gasteiger partial charge in [-0.3, -0.25) is 0 Å². The van der Waals surface area contributed by atoms with Crippen molar-refractivity contribution in [2.45, 2.75) is 5.92 Å². The van der Waals surface area contributed by atoms with Crippen molar-refractivity contribution >= 4 is 12.2 Å². The van der Waals surface area contributed by atoms with Gasteiger partial charge in [-0.05, 0) is 34.4 Å². The lowest BCUT2D eigenvalue weighted by molar-refractivity contribution is 0.350. The van der Waals surface area contributed by atoms with Gasteiger partial charge in [0.2, 0.25) is 0 Å². The highest BCUT2D eigenvalue weighted by molar-refractivity contribution is 5.77. The molecule has 0 saturated heterocycles. The molecule has 0 bridgehead atoms. The molecule has 2 nitrogen and oxygen atoms in total. The fourth-order valence-electron chi connectivity index (χ4n) is 2.62. The molecule has 1 aliphatic carbocycles. The Balaban J connectivity index is 2.26. The zero-order valence-electron chi connectivity index (χ0n) is 11.4. The van der Waals surface area contributed by atoms with Gasteiger partial charge >= 0.3 is 0 Å². The van der Waals surface area contributed by atoms with E-state index in [1.165, 1.54) is 0 Å². The van der Waals surface area contributed by atoms with Crippen LogP contribution in [0.15, 0.2) is 42.5 Å². The molecule has 0 spiro atoms. The second-order valence-electron chi connectivity index (χ2n) is 4.83. The normalized spacial score (nSPS) is 15.0. The zero-order valence-corrected chi connectivity index (χ0v) is 11.4. The average Bonchev–Trinajstić information content (AvgIpc) is 2.69. The van der Waals surface area contributed by atoms with E-state index in [2.05, 4.69) is 36.1 Å².